The van der Waals surface area contributed by atoms with E-state index in [4.69, 9.17) is 18.4 Å². The summed E-state index contributed by atoms with van der Waals surface area (Å²) in [5.41, 5.74) is 3.17. The Balaban J connectivity index is 1.46. The number of anilines is 1. The lowest BCUT2D eigenvalue weighted by atomic mass is 9.98. The Morgan fingerprint density at radius 1 is 0.923 bits per heavy atom. The van der Waals surface area contributed by atoms with Crippen molar-refractivity contribution in [2.75, 3.05) is 11.5 Å². The van der Waals surface area contributed by atoms with Gasteiger partial charge in [-0.3, -0.25) is 14.5 Å². The molecule has 0 saturated heterocycles. The second-order valence-corrected chi connectivity index (χ2v) is 9.46. The van der Waals surface area contributed by atoms with Gasteiger partial charge in [0.2, 0.25) is 5.76 Å². The van der Waals surface area contributed by atoms with Crippen LogP contribution >= 0.6 is 0 Å². The molecule has 2 aromatic heterocycles. The summed E-state index contributed by atoms with van der Waals surface area (Å²) in [5, 5.41) is 4.48. The number of para-hydroxylation sites is 1. The lowest BCUT2D eigenvalue weighted by Crippen LogP contribution is -2.29. The number of aryl methyl sites for hydroxylation is 2. The third-order valence-electron chi connectivity index (χ3n) is 6.74. The number of nitrogens with zero attached hydrogens (tertiary/aromatic N) is 2. The monoisotopic (exact) mass is 522 g/mol. The molecule has 8 nitrogen and oxygen atoms in total. The second-order valence-electron chi connectivity index (χ2n) is 9.46. The number of hydrogen-bond acceptors (Lipinski definition) is 7. The minimum Gasteiger partial charge on any atom is -0.490 e. The van der Waals surface area contributed by atoms with Gasteiger partial charge in [-0.25, -0.2) is 0 Å². The molecule has 0 saturated carbocycles. The van der Waals surface area contributed by atoms with Gasteiger partial charge in [0.25, 0.3) is 5.91 Å². The van der Waals surface area contributed by atoms with Crippen LogP contribution in [0.25, 0.3) is 11.0 Å². The SMILES string of the molecule is CCOc1cc([C@@H]2c3c(oc4ccccc4c3=O)C(=O)N2c2cc(C)on2)ccc1OCc1ccc(C)cc1. The van der Waals surface area contributed by atoms with E-state index in [1.165, 1.54) is 10.5 Å². The quantitative estimate of drug-likeness (QED) is 0.254. The maximum absolute atomic E-state index is 13.8. The van der Waals surface area contributed by atoms with Crippen molar-refractivity contribution in [2.45, 2.75) is 33.4 Å². The van der Waals surface area contributed by atoms with Gasteiger partial charge in [-0.1, -0.05) is 53.2 Å². The first kappa shape index (κ1) is 24.5. The first-order valence-corrected chi connectivity index (χ1v) is 12.7. The van der Waals surface area contributed by atoms with Crippen molar-refractivity contribution in [2.24, 2.45) is 0 Å². The summed E-state index contributed by atoms with van der Waals surface area (Å²) in [7, 11) is 0. The fourth-order valence-electron chi connectivity index (χ4n) is 4.87. The molecular formula is C31H26N2O6. The molecule has 8 heteroatoms. The fraction of sp³-hybridized carbons (Fsp3) is 0.194. The van der Waals surface area contributed by atoms with Crippen molar-refractivity contribution < 1.29 is 23.2 Å². The molecule has 1 aliphatic heterocycles. The van der Waals surface area contributed by atoms with Gasteiger partial charge >= 0.3 is 0 Å². The van der Waals surface area contributed by atoms with Gasteiger partial charge < -0.3 is 18.4 Å². The normalized spacial score (nSPS) is 14.6. The third kappa shape index (κ3) is 4.33. The van der Waals surface area contributed by atoms with E-state index in [1.807, 2.05) is 44.2 Å². The Morgan fingerprint density at radius 3 is 2.46 bits per heavy atom. The lowest BCUT2D eigenvalue weighted by molar-refractivity contribution is 0.0969. The lowest BCUT2D eigenvalue weighted by Gasteiger charge is -2.23. The summed E-state index contributed by atoms with van der Waals surface area (Å²) in [6.07, 6.45) is 0. The number of amides is 1. The van der Waals surface area contributed by atoms with E-state index in [1.54, 1.807) is 49.4 Å². The van der Waals surface area contributed by atoms with Gasteiger partial charge in [0.15, 0.2) is 22.7 Å². The number of fused-ring (bicyclic) bond motifs is 2. The van der Waals surface area contributed by atoms with Crippen LogP contribution in [0.3, 0.4) is 0 Å². The van der Waals surface area contributed by atoms with Gasteiger partial charge in [-0.15, -0.1) is 0 Å². The van der Waals surface area contributed by atoms with Crippen molar-refractivity contribution in [3.05, 3.63) is 117 Å². The largest absolute Gasteiger partial charge is 0.490 e. The molecule has 0 N–H and O–H groups in total. The van der Waals surface area contributed by atoms with Crippen LogP contribution in [-0.4, -0.2) is 17.7 Å². The van der Waals surface area contributed by atoms with Crippen LogP contribution in [0, 0.1) is 13.8 Å². The first-order valence-electron chi connectivity index (χ1n) is 12.7. The molecule has 3 heterocycles. The molecule has 3 aromatic carbocycles. The van der Waals surface area contributed by atoms with E-state index >= 15 is 0 Å². The van der Waals surface area contributed by atoms with E-state index < -0.39 is 11.9 Å². The Morgan fingerprint density at radius 2 is 1.72 bits per heavy atom. The highest BCUT2D eigenvalue weighted by Crippen LogP contribution is 2.43. The van der Waals surface area contributed by atoms with Crippen LogP contribution in [-0.2, 0) is 6.61 Å². The topological polar surface area (TPSA) is 95.0 Å². The first-order chi connectivity index (χ1) is 18.9. The molecule has 6 rings (SSSR count). The fourth-order valence-corrected chi connectivity index (χ4v) is 4.87. The van der Waals surface area contributed by atoms with Crippen molar-refractivity contribution in [3.63, 3.8) is 0 Å². The van der Waals surface area contributed by atoms with Gasteiger partial charge in [-0.05, 0) is 56.2 Å². The van der Waals surface area contributed by atoms with Gasteiger partial charge in [-0.2, -0.15) is 0 Å². The molecule has 196 valence electrons. The Bertz CT molecular complexity index is 1750. The predicted molar refractivity (Wildman–Crippen MR) is 145 cm³/mol. The van der Waals surface area contributed by atoms with Crippen molar-refractivity contribution in [3.8, 4) is 11.5 Å². The number of ether oxygens (including phenoxy) is 2. The minimum atomic E-state index is -0.803. The number of carbonyl (C=O) groups excluding carboxylic acids is 1. The summed E-state index contributed by atoms with van der Waals surface area (Å²) in [6.45, 7) is 6.43. The highest BCUT2D eigenvalue weighted by molar-refractivity contribution is 6.10. The highest BCUT2D eigenvalue weighted by atomic mass is 16.5. The standard InChI is InChI=1S/C31H26N2O6/c1-4-36-25-16-21(13-14-24(25)37-17-20-11-9-18(2)10-12-20)28-27-29(34)22-7-5-6-8-23(22)38-30(27)31(35)33(28)26-15-19(3)39-32-26/h5-16,28H,4,17H2,1-3H3/t28-/m1/s1. The maximum atomic E-state index is 13.8. The highest BCUT2D eigenvalue weighted by Gasteiger charge is 2.45. The molecular weight excluding hydrogens is 496 g/mol. The van der Waals surface area contributed by atoms with Crippen LogP contribution < -0.4 is 19.8 Å². The van der Waals surface area contributed by atoms with Gasteiger partial charge in [0.05, 0.1) is 23.6 Å². The van der Waals surface area contributed by atoms with Crippen molar-refractivity contribution >= 4 is 22.7 Å². The van der Waals surface area contributed by atoms with E-state index in [0.717, 1.165) is 5.56 Å². The number of carbonyl (C=O) groups is 1. The van der Waals surface area contributed by atoms with Gasteiger partial charge in [0.1, 0.15) is 18.0 Å². The maximum Gasteiger partial charge on any atom is 0.296 e. The average Bonchev–Trinajstić information content (AvgIpc) is 3.49. The second kappa shape index (κ2) is 9.79. The zero-order valence-corrected chi connectivity index (χ0v) is 21.8. The van der Waals surface area contributed by atoms with E-state index in [2.05, 4.69) is 5.16 Å². The average molecular weight is 523 g/mol. The zero-order chi connectivity index (χ0) is 27.1. The number of rotatable bonds is 7. The number of benzene rings is 3. The van der Waals surface area contributed by atoms with Crippen molar-refractivity contribution in [1.29, 1.82) is 0 Å². The zero-order valence-electron chi connectivity index (χ0n) is 21.8. The van der Waals surface area contributed by atoms with Crippen LogP contribution in [0.2, 0.25) is 0 Å². The molecule has 1 aliphatic rings. The summed E-state index contributed by atoms with van der Waals surface area (Å²) in [4.78, 5) is 28.9. The smallest absolute Gasteiger partial charge is 0.296 e. The van der Waals surface area contributed by atoms with E-state index in [-0.39, 0.29) is 22.6 Å². The van der Waals surface area contributed by atoms with E-state index in [9.17, 15) is 9.59 Å². The molecule has 5 aromatic rings. The summed E-state index contributed by atoms with van der Waals surface area (Å²) >= 11 is 0. The third-order valence-corrected chi connectivity index (χ3v) is 6.74. The molecule has 1 amide bonds. The molecule has 39 heavy (non-hydrogen) atoms. The molecule has 0 fully saturated rings. The Labute approximate surface area is 224 Å². The number of aromatic nitrogens is 1. The minimum absolute atomic E-state index is 0.0120. The molecule has 0 radical (unpaired) electrons. The van der Waals surface area contributed by atoms with Gasteiger partial charge in [0, 0.05) is 6.07 Å². The summed E-state index contributed by atoms with van der Waals surface area (Å²) < 4.78 is 23.3. The van der Waals surface area contributed by atoms with Crippen LogP contribution in [0.5, 0.6) is 11.5 Å². The molecule has 0 unspecified atom stereocenters. The van der Waals surface area contributed by atoms with Crippen LogP contribution in [0.1, 0.15) is 51.5 Å². The van der Waals surface area contributed by atoms with Crippen LogP contribution in [0.15, 0.2) is 86.5 Å². The predicted octanol–water partition coefficient (Wildman–Crippen LogP) is 6.13. The Kier molecular flexibility index (Phi) is 6.15. The Hall–Kier alpha value is -4.85. The van der Waals surface area contributed by atoms with Crippen LogP contribution in [0.4, 0.5) is 5.82 Å². The molecule has 0 aliphatic carbocycles. The molecule has 0 spiro atoms. The summed E-state index contributed by atoms with van der Waals surface area (Å²) in [5.74, 6) is 1.40. The van der Waals surface area contributed by atoms with E-state index in [0.29, 0.717) is 47.0 Å². The summed E-state index contributed by atoms with van der Waals surface area (Å²) in [6, 6.07) is 21.3. The molecule has 0 bridgehead atoms. The molecule has 1 atom stereocenters. The number of hydrogen-bond donors (Lipinski definition) is 0. The van der Waals surface area contributed by atoms with Crippen molar-refractivity contribution in [1.82, 2.24) is 5.16 Å².